The van der Waals surface area contributed by atoms with Gasteiger partial charge in [-0.3, -0.25) is 0 Å². The Labute approximate surface area is 55.9 Å². The van der Waals surface area contributed by atoms with Crippen LogP contribution in [0.15, 0.2) is 0 Å². The highest BCUT2D eigenvalue weighted by molar-refractivity contribution is 4.93. The minimum atomic E-state index is 0.273. The zero-order valence-corrected chi connectivity index (χ0v) is 5.72. The molecule has 1 saturated heterocycles. The Hall–Kier alpha value is -0.550. The Kier molecular flexibility index (Phi) is 2.07. The Balaban J connectivity index is 2.31. The topological polar surface area (TPSA) is 35.8 Å². The van der Waals surface area contributed by atoms with Gasteiger partial charge in [0.05, 0.1) is 12.0 Å². The minimum absolute atomic E-state index is 0.273. The zero-order valence-electron chi connectivity index (χ0n) is 5.72. The molecule has 0 aromatic carbocycles. The number of rotatable bonds is 1. The summed E-state index contributed by atoms with van der Waals surface area (Å²) in [4.78, 5) is 0. The van der Waals surface area contributed by atoms with Crippen LogP contribution < -0.4 is 5.32 Å². The number of hydrogen-bond acceptors (Lipinski definition) is 2. The Morgan fingerprint density at radius 1 is 1.78 bits per heavy atom. The summed E-state index contributed by atoms with van der Waals surface area (Å²) in [5.41, 5.74) is 0. The van der Waals surface area contributed by atoms with Crippen molar-refractivity contribution in [3.8, 4) is 6.07 Å². The molecule has 2 atom stereocenters. The summed E-state index contributed by atoms with van der Waals surface area (Å²) in [5, 5.41) is 11.8. The molecular weight excluding hydrogens is 112 g/mol. The molecule has 1 N–H and O–H groups in total. The molecule has 1 rings (SSSR count). The maximum Gasteiger partial charge on any atom is 0.0669 e. The highest BCUT2D eigenvalue weighted by Crippen LogP contribution is 2.14. The molecule has 0 bridgehead atoms. The minimum Gasteiger partial charge on any atom is -0.313 e. The van der Waals surface area contributed by atoms with Crippen LogP contribution >= 0.6 is 0 Å². The maximum absolute atomic E-state index is 8.49. The van der Waals surface area contributed by atoms with Crippen molar-refractivity contribution < 1.29 is 0 Å². The van der Waals surface area contributed by atoms with Crippen LogP contribution in [0.1, 0.15) is 19.8 Å². The van der Waals surface area contributed by atoms with Gasteiger partial charge < -0.3 is 5.32 Å². The molecule has 1 aliphatic rings. The van der Waals surface area contributed by atoms with Crippen molar-refractivity contribution in [3.05, 3.63) is 0 Å². The maximum atomic E-state index is 8.49. The van der Waals surface area contributed by atoms with E-state index in [1.54, 1.807) is 0 Å². The molecule has 1 heterocycles. The van der Waals surface area contributed by atoms with Crippen LogP contribution in [-0.2, 0) is 0 Å². The second-order valence-electron chi connectivity index (χ2n) is 2.58. The second kappa shape index (κ2) is 2.84. The average Bonchev–Trinajstić information content (AvgIpc) is 2.34. The summed E-state index contributed by atoms with van der Waals surface area (Å²) < 4.78 is 0. The van der Waals surface area contributed by atoms with Gasteiger partial charge in [0.15, 0.2) is 0 Å². The van der Waals surface area contributed by atoms with Crippen LogP contribution in [0, 0.1) is 17.2 Å². The van der Waals surface area contributed by atoms with Gasteiger partial charge in [0, 0.05) is 12.6 Å². The molecular formula is C7H12N2. The third kappa shape index (κ3) is 1.43. The van der Waals surface area contributed by atoms with Crippen LogP contribution in [0.25, 0.3) is 0 Å². The van der Waals surface area contributed by atoms with E-state index in [-0.39, 0.29) is 5.92 Å². The van der Waals surface area contributed by atoms with Crippen molar-refractivity contribution >= 4 is 0 Å². The molecule has 0 spiro atoms. The smallest absolute Gasteiger partial charge is 0.0669 e. The van der Waals surface area contributed by atoms with E-state index in [1.807, 2.05) is 0 Å². The standard InChI is InChI=1S/C7H12N2/c1-2-7-3-6(4-8)5-9-7/h6-7,9H,2-3,5H2,1H3. The average molecular weight is 124 g/mol. The van der Waals surface area contributed by atoms with Crippen molar-refractivity contribution in [1.29, 1.82) is 5.26 Å². The van der Waals surface area contributed by atoms with E-state index >= 15 is 0 Å². The van der Waals surface area contributed by atoms with Gasteiger partial charge in [-0.05, 0) is 12.8 Å². The van der Waals surface area contributed by atoms with E-state index in [4.69, 9.17) is 5.26 Å². The van der Waals surface area contributed by atoms with Gasteiger partial charge in [0.1, 0.15) is 0 Å². The largest absolute Gasteiger partial charge is 0.313 e. The van der Waals surface area contributed by atoms with Gasteiger partial charge in [0.25, 0.3) is 0 Å². The van der Waals surface area contributed by atoms with Crippen molar-refractivity contribution in [2.45, 2.75) is 25.8 Å². The van der Waals surface area contributed by atoms with E-state index < -0.39 is 0 Å². The highest BCUT2D eigenvalue weighted by Gasteiger charge is 2.21. The third-order valence-electron chi connectivity index (χ3n) is 1.90. The van der Waals surface area contributed by atoms with Crippen LogP contribution in [0.2, 0.25) is 0 Å². The molecule has 50 valence electrons. The summed E-state index contributed by atoms with van der Waals surface area (Å²) in [6.07, 6.45) is 2.20. The van der Waals surface area contributed by atoms with Crippen LogP contribution in [0.3, 0.4) is 0 Å². The van der Waals surface area contributed by atoms with Crippen molar-refractivity contribution in [2.75, 3.05) is 6.54 Å². The number of nitrogens with one attached hydrogen (secondary N) is 1. The number of hydrogen-bond donors (Lipinski definition) is 1. The summed E-state index contributed by atoms with van der Waals surface area (Å²) in [6, 6.07) is 2.87. The van der Waals surface area contributed by atoms with Crippen molar-refractivity contribution in [3.63, 3.8) is 0 Å². The lowest BCUT2D eigenvalue weighted by atomic mass is 10.1. The summed E-state index contributed by atoms with van der Waals surface area (Å²) in [5.74, 6) is 0.273. The molecule has 1 fully saturated rings. The van der Waals surface area contributed by atoms with Gasteiger partial charge in [-0.1, -0.05) is 6.92 Å². The molecule has 0 radical (unpaired) electrons. The predicted octanol–water partition coefficient (Wildman–Crippen LogP) is 0.898. The lowest BCUT2D eigenvalue weighted by molar-refractivity contribution is 0.581. The summed E-state index contributed by atoms with van der Waals surface area (Å²) in [7, 11) is 0. The fourth-order valence-corrected chi connectivity index (χ4v) is 1.23. The Morgan fingerprint density at radius 2 is 2.56 bits per heavy atom. The first-order valence-corrected chi connectivity index (χ1v) is 3.49. The third-order valence-corrected chi connectivity index (χ3v) is 1.90. The van der Waals surface area contributed by atoms with Gasteiger partial charge >= 0.3 is 0 Å². The molecule has 0 saturated carbocycles. The quantitative estimate of drug-likeness (QED) is 0.563. The van der Waals surface area contributed by atoms with E-state index in [2.05, 4.69) is 18.3 Å². The second-order valence-corrected chi connectivity index (χ2v) is 2.58. The molecule has 0 amide bonds. The lowest BCUT2D eigenvalue weighted by Crippen LogP contribution is -2.19. The monoisotopic (exact) mass is 124 g/mol. The Morgan fingerprint density at radius 3 is 2.89 bits per heavy atom. The molecule has 0 aromatic rings. The van der Waals surface area contributed by atoms with Crippen molar-refractivity contribution in [2.24, 2.45) is 5.92 Å². The fourth-order valence-electron chi connectivity index (χ4n) is 1.23. The first-order valence-electron chi connectivity index (χ1n) is 3.49. The summed E-state index contributed by atoms with van der Waals surface area (Å²) >= 11 is 0. The molecule has 9 heavy (non-hydrogen) atoms. The van der Waals surface area contributed by atoms with Crippen LogP contribution in [0.5, 0.6) is 0 Å². The van der Waals surface area contributed by atoms with Gasteiger partial charge in [-0.2, -0.15) is 5.26 Å². The number of nitrogens with zero attached hydrogens (tertiary/aromatic N) is 1. The van der Waals surface area contributed by atoms with Crippen LogP contribution in [-0.4, -0.2) is 12.6 Å². The normalized spacial score (nSPS) is 34.2. The lowest BCUT2D eigenvalue weighted by Gasteiger charge is -2.02. The number of nitriles is 1. The van der Waals surface area contributed by atoms with Gasteiger partial charge in [-0.15, -0.1) is 0 Å². The van der Waals surface area contributed by atoms with E-state index in [0.717, 1.165) is 19.4 Å². The molecule has 2 nitrogen and oxygen atoms in total. The van der Waals surface area contributed by atoms with Gasteiger partial charge in [-0.25, -0.2) is 0 Å². The first-order chi connectivity index (χ1) is 4.36. The molecule has 0 aromatic heterocycles. The van der Waals surface area contributed by atoms with E-state index in [0.29, 0.717) is 6.04 Å². The SMILES string of the molecule is CCC1CC(C#N)CN1. The highest BCUT2D eigenvalue weighted by atomic mass is 14.9. The molecule has 2 unspecified atom stereocenters. The van der Waals surface area contributed by atoms with E-state index in [1.165, 1.54) is 0 Å². The zero-order chi connectivity index (χ0) is 6.69. The van der Waals surface area contributed by atoms with Crippen molar-refractivity contribution in [1.82, 2.24) is 5.32 Å². The molecule has 2 heteroatoms. The van der Waals surface area contributed by atoms with E-state index in [9.17, 15) is 0 Å². The summed E-state index contributed by atoms with van der Waals surface area (Å²) in [6.45, 7) is 3.05. The first kappa shape index (κ1) is 6.57. The predicted molar refractivity (Wildman–Crippen MR) is 35.8 cm³/mol. The van der Waals surface area contributed by atoms with Gasteiger partial charge in [0.2, 0.25) is 0 Å². The van der Waals surface area contributed by atoms with Crippen LogP contribution in [0.4, 0.5) is 0 Å². The fraction of sp³-hybridized carbons (Fsp3) is 0.857. The molecule has 1 aliphatic heterocycles. The molecule has 0 aliphatic carbocycles. The Bertz CT molecular complexity index is 125.